The molecule has 0 aromatic heterocycles. The van der Waals surface area contributed by atoms with Crippen molar-refractivity contribution >= 4 is 23.8 Å². The van der Waals surface area contributed by atoms with Crippen molar-refractivity contribution in [3.05, 3.63) is 0 Å². The number of hydrogen-bond acceptors (Lipinski definition) is 5. The van der Waals surface area contributed by atoms with E-state index < -0.39 is 29.4 Å². The van der Waals surface area contributed by atoms with Crippen molar-refractivity contribution in [2.75, 3.05) is 0 Å². The Kier molecular flexibility index (Phi) is 3.89. The number of piperidine rings is 1. The first kappa shape index (κ1) is 13.9. The van der Waals surface area contributed by atoms with Gasteiger partial charge in [0.15, 0.2) is 0 Å². The smallest absolute Gasteiger partial charge is 0.354 e. The fourth-order valence-corrected chi connectivity index (χ4v) is 1.82. The van der Waals surface area contributed by atoms with Crippen LogP contribution < -0.4 is 5.32 Å². The molecule has 18 heavy (non-hydrogen) atoms. The normalized spacial score (nSPS) is 23.4. The Hall–Kier alpha value is -2.12. The summed E-state index contributed by atoms with van der Waals surface area (Å²) in [4.78, 5) is 49.7. The topological polar surface area (TPSA) is 113 Å². The minimum Gasteiger partial charge on any atom is -0.478 e. The first-order valence-corrected chi connectivity index (χ1v) is 5.33. The number of hydrogen-bond donors (Lipinski definition) is 2. The quantitative estimate of drug-likeness (QED) is 0.698. The molecule has 0 aromatic carbocycles. The average Bonchev–Trinajstić information content (AvgIpc) is 2.21. The summed E-state index contributed by atoms with van der Waals surface area (Å²) in [5.41, 5.74) is -2.02. The number of aliphatic carboxylic acids is 1. The number of carboxylic acids is 1. The van der Waals surface area contributed by atoms with E-state index in [1.165, 1.54) is 0 Å². The van der Waals surface area contributed by atoms with E-state index >= 15 is 0 Å². The van der Waals surface area contributed by atoms with E-state index in [9.17, 15) is 24.3 Å². The van der Waals surface area contributed by atoms with Crippen molar-refractivity contribution in [3.8, 4) is 0 Å². The van der Waals surface area contributed by atoms with Gasteiger partial charge in [-0.1, -0.05) is 0 Å². The standard InChI is InChI=1S/C10H14N2O6/c1-6(13)11-10(9(16)17)5-3-4-8(15)12(10)18-7(2)14/h3-5H2,1-2H3,(H,11,13)(H,16,17). The maximum absolute atomic E-state index is 11.7. The van der Waals surface area contributed by atoms with Crippen LogP contribution in [0.3, 0.4) is 0 Å². The molecule has 0 aromatic rings. The molecule has 0 bridgehead atoms. The van der Waals surface area contributed by atoms with E-state index in [4.69, 9.17) is 0 Å². The summed E-state index contributed by atoms with van der Waals surface area (Å²) < 4.78 is 0. The van der Waals surface area contributed by atoms with Crippen molar-refractivity contribution < 1.29 is 29.1 Å². The second-order valence-corrected chi connectivity index (χ2v) is 3.97. The zero-order chi connectivity index (χ0) is 13.9. The van der Waals surface area contributed by atoms with Crippen LogP contribution in [0, 0.1) is 0 Å². The lowest BCUT2D eigenvalue weighted by Crippen LogP contribution is -2.68. The third-order valence-electron chi connectivity index (χ3n) is 2.46. The van der Waals surface area contributed by atoms with Crippen molar-refractivity contribution in [1.29, 1.82) is 0 Å². The van der Waals surface area contributed by atoms with Gasteiger partial charge < -0.3 is 15.3 Å². The molecule has 1 atom stereocenters. The van der Waals surface area contributed by atoms with Gasteiger partial charge in [0.05, 0.1) is 0 Å². The second kappa shape index (κ2) is 5.03. The molecule has 8 nitrogen and oxygen atoms in total. The number of nitrogens with zero attached hydrogens (tertiary/aromatic N) is 1. The Morgan fingerprint density at radius 1 is 1.39 bits per heavy atom. The Morgan fingerprint density at radius 2 is 2.00 bits per heavy atom. The fraction of sp³-hybridized carbons (Fsp3) is 0.600. The molecule has 1 fully saturated rings. The monoisotopic (exact) mass is 258 g/mol. The minimum atomic E-state index is -2.02. The predicted octanol–water partition coefficient (Wildman–Crippen LogP) is -0.606. The molecule has 2 amide bonds. The molecule has 0 spiro atoms. The molecule has 1 aliphatic rings. The number of carbonyl (C=O) groups is 4. The van der Waals surface area contributed by atoms with Crippen LogP contribution in [0.5, 0.6) is 0 Å². The molecular formula is C10H14N2O6. The number of rotatable bonds is 3. The highest BCUT2D eigenvalue weighted by Gasteiger charge is 2.52. The summed E-state index contributed by atoms with van der Waals surface area (Å²) >= 11 is 0. The van der Waals surface area contributed by atoms with Gasteiger partial charge in [-0.3, -0.25) is 14.4 Å². The van der Waals surface area contributed by atoms with Crippen LogP contribution in [0.1, 0.15) is 33.1 Å². The molecule has 1 unspecified atom stereocenters. The summed E-state index contributed by atoms with van der Waals surface area (Å²) in [5, 5.41) is 11.9. The number of hydroxylamine groups is 2. The Morgan fingerprint density at radius 3 is 2.44 bits per heavy atom. The molecular weight excluding hydrogens is 244 g/mol. The highest BCUT2D eigenvalue weighted by molar-refractivity contribution is 5.91. The van der Waals surface area contributed by atoms with Gasteiger partial charge in [0, 0.05) is 26.7 Å². The third-order valence-corrected chi connectivity index (χ3v) is 2.46. The molecule has 2 N–H and O–H groups in total. The van der Waals surface area contributed by atoms with Gasteiger partial charge in [-0.25, -0.2) is 4.79 Å². The van der Waals surface area contributed by atoms with Crippen LogP contribution in [0.2, 0.25) is 0 Å². The molecule has 1 heterocycles. The molecule has 0 saturated carbocycles. The number of nitrogens with one attached hydrogen (secondary N) is 1. The molecule has 0 aliphatic carbocycles. The van der Waals surface area contributed by atoms with Crippen molar-refractivity contribution in [1.82, 2.24) is 10.4 Å². The van der Waals surface area contributed by atoms with Gasteiger partial charge >= 0.3 is 11.9 Å². The van der Waals surface area contributed by atoms with Crippen LogP contribution >= 0.6 is 0 Å². The molecule has 8 heteroatoms. The van der Waals surface area contributed by atoms with Crippen LogP contribution in [-0.4, -0.2) is 39.6 Å². The summed E-state index contributed by atoms with van der Waals surface area (Å²) in [6.07, 6.45) is 0.312. The van der Waals surface area contributed by atoms with Gasteiger partial charge in [-0.05, 0) is 6.42 Å². The van der Waals surface area contributed by atoms with E-state index in [0.29, 0.717) is 5.06 Å². The van der Waals surface area contributed by atoms with Crippen LogP contribution in [-0.2, 0) is 24.0 Å². The largest absolute Gasteiger partial charge is 0.478 e. The Labute approximate surface area is 103 Å². The second-order valence-electron chi connectivity index (χ2n) is 3.97. The van der Waals surface area contributed by atoms with Gasteiger partial charge in [0.2, 0.25) is 11.6 Å². The maximum Gasteiger partial charge on any atom is 0.354 e. The fourth-order valence-electron chi connectivity index (χ4n) is 1.82. The van der Waals surface area contributed by atoms with Crippen molar-refractivity contribution in [2.24, 2.45) is 0 Å². The lowest BCUT2D eigenvalue weighted by atomic mass is 9.96. The summed E-state index contributed by atoms with van der Waals surface area (Å²) in [6, 6.07) is 0. The summed E-state index contributed by atoms with van der Waals surface area (Å²) in [5.74, 6) is -3.58. The van der Waals surface area contributed by atoms with E-state index in [0.717, 1.165) is 13.8 Å². The zero-order valence-electron chi connectivity index (χ0n) is 10.1. The van der Waals surface area contributed by atoms with Gasteiger partial charge in [0.25, 0.3) is 5.91 Å². The molecule has 1 aliphatic heterocycles. The van der Waals surface area contributed by atoms with E-state index in [2.05, 4.69) is 10.2 Å². The van der Waals surface area contributed by atoms with Crippen LogP contribution in [0.15, 0.2) is 0 Å². The lowest BCUT2D eigenvalue weighted by molar-refractivity contribution is -0.236. The lowest BCUT2D eigenvalue weighted by Gasteiger charge is -2.41. The van der Waals surface area contributed by atoms with Gasteiger partial charge in [-0.15, -0.1) is 5.06 Å². The summed E-state index contributed by atoms with van der Waals surface area (Å²) in [6.45, 7) is 2.16. The van der Waals surface area contributed by atoms with Crippen molar-refractivity contribution in [3.63, 3.8) is 0 Å². The Balaban J connectivity index is 3.15. The maximum atomic E-state index is 11.7. The average molecular weight is 258 g/mol. The Bertz CT molecular complexity index is 405. The molecule has 0 radical (unpaired) electrons. The summed E-state index contributed by atoms with van der Waals surface area (Å²) in [7, 11) is 0. The predicted molar refractivity (Wildman–Crippen MR) is 56.6 cm³/mol. The zero-order valence-corrected chi connectivity index (χ0v) is 10.1. The third kappa shape index (κ3) is 2.58. The number of carbonyl (C=O) groups excluding carboxylic acids is 3. The number of amides is 2. The highest BCUT2D eigenvalue weighted by Crippen LogP contribution is 2.27. The molecule has 1 rings (SSSR count). The minimum absolute atomic E-state index is 0.0269. The first-order chi connectivity index (χ1) is 8.29. The van der Waals surface area contributed by atoms with Crippen molar-refractivity contribution in [2.45, 2.75) is 38.8 Å². The number of carboxylic acid groups (broad SMARTS) is 1. The molecule has 100 valence electrons. The highest BCUT2D eigenvalue weighted by atomic mass is 16.7. The van der Waals surface area contributed by atoms with E-state index in [1.807, 2.05) is 0 Å². The van der Waals surface area contributed by atoms with Crippen LogP contribution in [0.25, 0.3) is 0 Å². The first-order valence-electron chi connectivity index (χ1n) is 5.33. The van der Waals surface area contributed by atoms with Crippen LogP contribution in [0.4, 0.5) is 0 Å². The van der Waals surface area contributed by atoms with E-state index in [-0.39, 0.29) is 19.3 Å². The van der Waals surface area contributed by atoms with Gasteiger partial charge in [0.1, 0.15) is 0 Å². The van der Waals surface area contributed by atoms with Gasteiger partial charge in [-0.2, -0.15) is 0 Å². The van der Waals surface area contributed by atoms with E-state index in [1.54, 1.807) is 0 Å². The molecule has 1 saturated heterocycles. The SMILES string of the molecule is CC(=O)NC1(C(=O)O)CCCC(=O)N1OC(C)=O.